The van der Waals surface area contributed by atoms with Gasteiger partial charge in [0.05, 0.1) is 0 Å². The minimum absolute atomic E-state index is 0.927. The van der Waals surface area contributed by atoms with Crippen LogP contribution in [0.2, 0.25) is 0 Å². The van der Waals surface area contributed by atoms with Crippen molar-refractivity contribution in [2.75, 3.05) is 0 Å². The number of hydrogen-bond donors (Lipinski definition) is 0. The summed E-state index contributed by atoms with van der Waals surface area (Å²) in [5.74, 6) is 0. The van der Waals surface area contributed by atoms with Crippen molar-refractivity contribution >= 4 is 0 Å². The third-order valence-corrected chi connectivity index (χ3v) is 2.01. The van der Waals surface area contributed by atoms with E-state index in [-0.39, 0.29) is 0 Å². The van der Waals surface area contributed by atoms with Gasteiger partial charge in [-0.3, -0.25) is 4.98 Å². The molecule has 0 N–H and O–H groups in total. The summed E-state index contributed by atoms with van der Waals surface area (Å²) in [7, 11) is 0. The second kappa shape index (κ2) is 3.44. The number of nitrogens with zero attached hydrogens (tertiary/aromatic N) is 2. The van der Waals surface area contributed by atoms with Crippen LogP contribution in [0.25, 0.3) is 0 Å². The Hall–Kier alpha value is -1.57. The van der Waals surface area contributed by atoms with Gasteiger partial charge in [-0.2, -0.15) is 0 Å². The molecule has 2 rings (SSSR count). The van der Waals surface area contributed by atoms with Crippen LogP contribution >= 0.6 is 0 Å². The highest BCUT2D eigenvalue weighted by molar-refractivity contribution is 5.13. The first-order valence-corrected chi connectivity index (χ1v) is 4.36. The minimum Gasteiger partial charge on any atom is -0.350 e. The number of pyridine rings is 1. The van der Waals surface area contributed by atoms with E-state index in [0.29, 0.717) is 0 Å². The quantitative estimate of drug-likeness (QED) is 0.679. The predicted molar refractivity (Wildman–Crippen MR) is 52.5 cm³/mol. The molecule has 0 saturated heterocycles. The standard InChI is InChI=1S/C11H12N2/c1-10-4-7-13(8-10)9-11-2-5-12-6-3-11/h2-8H,9H2,1H3. The average molecular weight is 172 g/mol. The molecule has 2 heterocycles. The van der Waals surface area contributed by atoms with Crippen LogP contribution in [0.5, 0.6) is 0 Å². The maximum absolute atomic E-state index is 3.98. The molecule has 2 aromatic heterocycles. The molecule has 0 fully saturated rings. The fourth-order valence-corrected chi connectivity index (χ4v) is 1.36. The van der Waals surface area contributed by atoms with Crippen LogP contribution in [0, 0.1) is 6.92 Å². The summed E-state index contributed by atoms with van der Waals surface area (Å²) < 4.78 is 2.17. The zero-order valence-corrected chi connectivity index (χ0v) is 7.64. The molecule has 2 aromatic rings. The van der Waals surface area contributed by atoms with Crippen molar-refractivity contribution < 1.29 is 0 Å². The smallest absolute Gasteiger partial charge is 0.0471 e. The summed E-state index contributed by atoms with van der Waals surface area (Å²) in [6.45, 7) is 3.03. The SMILES string of the molecule is Cc1ccn(Cc2ccncc2)c1. The summed E-state index contributed by atoms with van der Waals surface area (Å²) in [6, 6.07) is 6.19. The van der Waals surface area contributed by atoms with Crippen molar-refractivity contribution in [1.29, 1.82) is 0 Å². The molecule has 0 aliphatic carbocycles. The van der Waals surface area contributed by atoms with Crippen LogP contribution in [0.15, 0.2) is 43.0 Å². The van der Waals surface area contributed by atoms with Crippen molar-refractivity contribution in [1.82, 2.24) is 9.55 Å². The van der Waals surface area contributed by atoms with Gasteiger partial charge in [0.1, 0.15) is 0 Å². The molecular weight excluding hydrogens is 160 g/mol. The lowest BCUT2D eigenvalue weighted by molar-refractivity contribution is 0.802. The minimum atomic E-state index is 0.927. The zero-order valence-electron chi connectivity index (χ0n) is 7.64. The maximum atomic E-state index is 3.98. The van der Waals surface area contributed by atoms with E-state index in [9.17, 15) is 0 Å². The van der Waals surface area contributed by atoms with Crippen molar-refractivity contribution in [2.45, 2.75) is 13.5 Å². The van der Waals surface area contributed by atoms with Crippen LogP contribution in [0.4, 0.5) is 0 Å². The van der Waals surface area contributed by atoms with Gasteiger partial charge < -0.3 is 4.57 Å². The second-order valence-corrected chi connectivity index (χ2v) is 3.22. The molecule has 0 aromatic carbocycles. The van der Waals surface area contributed by atoms with E-state index < -0.39 is 0 Å². The summed E-state index contributed by atoms with van der Waals surface area (Å²) in [4.78, 5) is 3.98. The Bertz CT molecular complexity index is 376. The van der Waals surface area contributed by atoms with Crippen LogP contribution < -0.4 is 0 Å². The molecule has 0 radical (unpaired) electrons. The van der Waals surface area contributed by atoms with E-state index in [4.69, 9.17) is 0 Å². The topological polar surface area (TPSA) is 17.8 Å². The highest BCUT2D eigenvalue weighted by Crippen LogP contribution is 2.03. The molecular formula is C11H12N2. The Morgan fingerprint density at radius 1 is 1.23 bits per heavy atom. The van der Waals surface area contributed by atoms with Gasteiger partial charge in [-0.15, -0.1) is 0 Å². The Labute approximate surface area is 77.9 Å². The van der Waals surface area contributed by atoms with E-state index in [2.05, 4.69) is 34.9 Å². The van der Waals surface area contributed by atoms with E-state index in [1.54, 1.807) is 0 Å². The maximum Gasteiger partial charge on any atom is 0.0471 e. The van der Waals surface area contributed by atoms with Gasteiger partial charge in [0.15, 0.2) is 0 Å². The highest BCUT2D eigenvalue weighted by atomic mass is 14.9. The lowest BCUT2D eigenvalue weighted by Crippen LogP contribution is -1.95. The number of hydrogen-bond acceptors (Lipinski definition) is 1. The Balaban J connectivity index is 2.15. The molecule has 0 unspecified atom stereocenters. The van der Waals surface area contributed by atoms with Gasteiger partial charge in [0, 0.05) is 31.3 Å². The van der Waals surface area contributed by atoms with Gasteiger partial charge in [0.25, 0.3) is 0 Å². The molecule has 0 aliphatic rings. The van der Waals surface area contributed by atoms with Crippen LogP contribution in [0.1, 0.15) is 11.1 Å². The second-order valence-electron chi connectivity index (χ2n) is 3.22. The monoisotopic (exact) mass is 172 g/mol. The molecule has 0 amide bonds. The zero-order chi connectivity index (χ0) is 9.10. The Kier molecular flexibility index (Phi) is 2.13. The molecule has 2 heteroatoms. The highest BCUT2D eigenvalue weighted by Gasteiger charge is 1.93. The van der Waals surface area contributed by atoms with Crippen molar-refractivity contribution in [3.05, 3.63) is 54.1 Å². The fourth-order valence-electron chi connectivity index (χ4n) is 1.36. The first-order chi connectivity index (χ1) is 6.34. The molecule has 2 nitrogen and oxygen atoms in total. The van der Waals surface area contributed by atoms with Gasteiger partial charge >= 0.3 is 0 Å². The summed E-state index contributed by atoms with van der Waals surface area (Å²) in [5.41, 5.74) is 2.58. The largest absolute Gasteiger partial charge is 0.350 e. The molecule has 66 valence electrons. The van der Waals surface area contributed by atoms with Crippen molar-refractivity contribution in [3.8, 4) is 0 Å². The van der Waals surface area contributed by atoms with Crippen LogP contribution in [-0.2, 0) is 6.54 Å². The van der Waals surface area contributed by atoms with E-state index >= 15 is 0 Å². The van der Waals surface area contributed by atoms with Crippen LogP contribution in [0.3, 0.4) is 0 Å². The first kappa shape index (κ1) is 8.05. The van der Waals surface area contributed by atoms with Gasteiger partial charge in [-0.1, -0.05) is 0 Å². The third-order valence-electron chi connectivity index (χ3n) is 2.01. The Morgan fingerprint density at radius 2 is 2.00 bits per heavy atom. The lowest BCUT2D eigenvalue weighted by atomic mass is 10.3. The molecule has 0 spiro atoms. The van der Waals surface area contributed by atoms with E-state index in [1.165, 1.54) is 11.1 Å². The lowest BCUT2D eigenvalue weighted by Gasteiger charge is -2.01. The van der Waals surface area contributed by atoms with Gasteiger partial charge in [-0.05, 0) is 36.2 Å². The molecule has 0 saturated carbocycles. The molecule has 0 atom stereocenters. The number of aryl methyl sites for hydroxylation is 1. The summed E-state index contributed by atoms with van der Waals surface area (Å²) in [5, 5.41) is 0. The van der Waals surface area contributed by atoms with Crippen molar-refractivity contribution in [2.24, 2.45) is 0 Å². The summed E-state index contributed by atoms with van der Waals surface area (Å²) >= 11 is 0. The fraction of sp³-hybridized carbons (Fsp3) is 0.182. The molecule has 0 aliphatic heterocycles. The summed E-state index contributed by atoms with van der Waals surface area (Å²) in [6.07, 6.45) is 7.88. The number of rotatable bonds is 2. The molecule has 13 heavy (non-hydrogen) atoms. The Morgan fingerprint density at radius 3 is 2.62 bits per heavy atom. The van der Waals surface area contributed by atoms with Gasteiger partial charge in [0.2, 0.25) is 0 Å². The number of aromatic nitrogens is 2. The normalized spacial score (nSPS) is 10.2. The third kappa shape index (κ3) is 1.96. The van der Waals surface area contributed by atoms with Crippen molar-refractivity contribution in [3.63, 3.8) is 0 Å². The van der Waals surface area contributed by atoms with E-state index in [0.717, 1.165) is 6.54 Å². The van der Waals surface area contributed by atoms with E-state index in [1.807, 2.05) is 24.5 Å². The van der Waals surface area contributed by atoms with Gasteiger partial charge in [-0.25, -0.2) is 0 Å². The first-order valence-electron chi connectivity index (χ1n) is 4.36. The predicted octanol–water partition coefficient (Wildman–Crippen LogP) is 2.24. The van der Waals surface area contributed by atoms with Crippen LogP contribution in [-0.4, -0.2) is 9.55 Å². The average Bonchev–Trinajstić information content (AvgIpc) is 2.53. The molecule has 0 bridgehead atoms.